The molecule has 162 valence electrons. The van der Waals surface area contributed by atoms with Gasteiger partial charge in [0.25, 0.3) is 15.9 Å². The lowest BCUT2D eigenvalue weighted by Crippen LogP contribution is -2.30. The van der Waals surface area contributed by atoms with Crippen molar-refractivity contribution in [2.75, 3.05) is 11.4 Å². The molecule has 31 heavy (non-hydrogen) atoms. The van der Waals surface area contributed by atoms with E-state index in [1.807, 2.05) is 30.3 Å². The normalized spacial score (nSPS) is 12.4. The van der Waals surface area contributed by atoms with Gasteiger partial charge in [-0.15, -0.1) is 0 Å². The Balaban J connectivity index is 1.84. The molecule has 0 spiro atoms. The molecule has 6 heteroatoms. The molecule has 0 saturated heterocycles. The average Bonchev–Trinajstić information content (AvgIpc) is 2.79. The molecule has 0 heterocycles. The van der Waals surface area contributed by atoms with Crippen LogP contribution in [-0.2, 0) is 10.0 Å². The molecule has 1 N–H and O–H groups in total. The number of nitrogens with one attached hydrogen (secondary N) is 1. The van der Waals surface area contributed by atoms with Crippen LogP contribution in [-0.4, -0.2) is 21.4 Å². The number of sulfonamides is 1. The maximum Gasteiger partial charge on any atom is 0.264 e. The molecule has 0 aliphatic rings. The van der Waals surface area contributed by atoms with Crippen LogP contribution in [0.4, 0.5) is 5.69 Å². The SMILES string of the molecule is CC(C)CC(NC(=O)c1cccc(N(C)S(=O)(=O)c2ccccc2)c1)c1ccccc1. The van der Waals surface area contributed by atoms with Gasteiger partial charge in [-0.2, -0.15) is 0 Å². The number of rotatable bonds is 8. The number of hydrogen-bond acceptors (Lipinski definition) is 3. The minimum absolute atomic E-state index is 0.122. The Kier molecular flexibility index (Phi) is 7.13. The number of anilines is 1. The van der Waals surface area contributed by atoms with Gasteiger partial charge in [-0.05, 0) is 48.2 Å². The number of carbonyl (C=O) groups excluding carboxylic acids is 1. The predicted molar refractivity (Wildman–Crippen MR) is 125 cm³/mol. The van der Waals surface area contributed by atoms with E-state index in [-0.39, 0.29) is 16.8 Å². The highest BCUT2D eigenvalue weighted by Crippen LogP contribution is 2.25. The maximum absolute atomic E-state index is 13.0. The fourth-order valence-electron chi connectivity index (χ4n) is 3.41. The molecule has 0 aliphatic heterocycles. The molecule has 3 aromatic carbocycles. The van der Waals surface area contributed by atoms with Crippen molar-refractivity contribution in [3.05, 3.63) is 96.1 Å². The summed E-state index contributed by atoms with van der Waals surface area (Å²) in [6.07, 6.45) is 0.803. The van der Waals surface area contributed by atoms with Gasteiger partial charge in [0.1, 0.15) is 0 Å². The minimum Gasteiger partial charge on any atom is -0.345 e. The highest BCUT2D eigenvalue weighted by Gasteiger charge is 2.22. The Morgan fingerprint density at radius 3 is 2.13 bits per heavy atom. The topological polar surface area (TPSA) is 66.5 Å². The van der Waals surface area contributed by atoms with Crippen molar-refractivity contribution in [1.29, 1.82) is 0 Å². The van der Waals surface area contributed by atoms with E-state index >= 15 is 0 Å². The van der Waals surface area contributed by atoms with E-state index in [1.54, 1.807) is 54.6 Å². The number of carbonyl (C=O) groups is 1. The number of hydrogen-bond donors (Lipinski definition) is 1. The van der Waals surface area contributed by atoms with Crippen LogP contribution < -0.4 is 9.62 Å². The largest absolute Gasteiger partial charge is 0.345 e. The fraction of sp³-hybridized carbons (Fsp3) is 0.240. The Morgan fingerprint density at radius 2 is 1.52 bits per heavy atom. The van der Waals surface area contributed by atoms with Crippen molar-refractivity contribution in [2.45, 2.75) is 31.2 Å². The third-order valence-electron chi connectivity index (χ3n) is 5.09. The van der Waals surface area contributed by atoms with Crippen LogP contribution in [0.2, 0.25) is 0 Å². The van der Waals surface area contributed by atoms with E-state index in [2.05, 4.69) is 19.2 Å². The van der Waals surface area contributed by atoms with E-state index in [4.69, 9.17) is 0 Å². The van der Waals surface area contributed by atoms with Crippen LogP contribution in [0, 0.1) is 5.92 Å². The van der Waals surface area contributed by atoms with E-state index in [1.165, 1.54) is 11.4 Å². The van der Waals surface area contributed by atoms with Crippen LogP contribution in [0.25, 0.3) is 0 Å². The zero-order valence-electron chi connectivity index (χ0n) is 18.0. The fourth-order valence-corrected chi connectivity index (χ4v) is 4.62. The molecular formula is C25H28N2O3S. The van der Waals surface area contributed by atoms with Crippen LogP contribution in [0.1, 0.15) is 42.2 Å². The van der Waals surface area contributed by atoms with Crippen LogP contribution in [0.3, 0.4) is 0 Å². The quantitative estimate of drug-likeness (QED) is 0.539. The number of amides is 1. The molecule has 0 aromatic heterocycles. The smallest absolute Gasteiger partial charge is 0.264 e. The van der Waals surface area contributed by atoms with Crippen molar-refractivity contribution >= 4 is 21.6 Å². The lowest BCUT2D eigenvalue weighted by molar-refractivity contribution is 0.0932. The first-order chi connectivity index (χ1) is 14.8. The van der Waals surface area contributed by atoms with Crippen molar-refractivity contribution < 1.29 is 13.2 Å². The van der Waals surface area contributed by atoms with Crippen molar-refractivity contribution in [1.82, 2.24) is 5.32 Å². The lowest BCUT2D eigenvalue weighted by atomic mass is 9.96. The van der Waals surface area contributed by atoms with Gasteiger partial charge in [-0.25, -0.2) is 8.42 Å². The maximum atomic E-state index is 13.0. The van der Waals surface area contributed by atoms with Crippen molar-refractivity contribution in [2.24, 2.45) is 5.92 Å². The van der Waals surface area contributed by atoms with Gasteiger partial charge in [0.05, 0.1) is 16.6 Å². The summed E-state index contributed by atoms with van der Waals surface area (Å²) in [6, 6.07) is 24.7. The summed E-state index contributed by atoms with van der Waals surface area (Å²) in [5, 5.41) is 3.11. The van der Waals surface area contributed by atoms with Crippen molar-refractivity contribution in [3.63, 3.8) is 0 Å². The summed E-state index contributed by atoms with van der Waals surface area (Å²) in [6.45, 7) is 4.23. The Morgan fingerprint density at radius 1 is 0.903 bits per heavy atom. The molecule has 0 aliphatic carbocycles. The highest BCUT2D eigenvalue weighted by molar-refractivity contribution is 7.92. The molecular weight excluding hydrogens is 408 g/mol. The molecule has 0 fully saturated rings. The summed E-state index contributed by atoms with van der Waals surface area (Å²) in [4.78, 5) is 13.2. The first-order valence-electron chi connectivity index (χ1n) is 10.3. The predicted octanol–water partition coefficient (Wildman–Crippen LogP) is 5.03. The van der Waals surface area contributed by atoms with E-state index < -0.39 is 10.0 Å². The summed E-state index contributed by atoms with van der Waals surface area (Å²) >= 11 is 0. The summed E-state index contributed by atoms with van der Waals surface area (Å²) in [7, 11) is -2.22. The van der Waals surface area contributed by atoms with Gasteiger partial charge in [0, 0.05) is 12.6 Å². The highest BCUT2D eigenvalue weighted by atomic mass is 32.2. The third kappa shape index (κ3) is 5.52. The number of benzene rings is 3. The molecule has 3 rings (SSSR count). The van der Waals surface area contributed by atoms with Crippen LogP contribution in [0.5, 0.6) is 0 Å². The molecule has 5 nitrogen and oxygen atoms in total. The molecule has 3 aromatic rings. The first-order valence-corrected chi connectivity index (χ1v) is 11.7. The Hall–Kier alpha value is -3.12. The van der Waals surface area contributed by atoms with Crippen LogP contribution in [0.15, 0.2) is 89.8 Å². The lowest BCUT2D eigenvalue weighted by Gasteiger charge is -2.22. The van der Waals surface area contributed by atoms with E-state index in [9.17, 15) is 13.2 Å². The second kappa shape index (κ2) is 9.79. The molecule has 0 bridgehead atoms. The summed E-state index contributed by atoms with van der Waals surface area (Å²) in [5.74, 6) is 0.167. The minimum atomic E-state index is -3.71. The number of nitrogens with zero attached hydrogens (tertiary/aromatic N) is 1. The average molecular weight is 437 g/mol. The van der Waals surface area contributed by atoms with Crippen molar-refractivity contribution in [3.8, 4) is 0 Å². The molecule has 1 amide bonds. The Bertz CT molecular complexity index is 1110. The zero-order valence-corrected chi connectivity index (χ0v) is 18.8. The van der Waals surface area contributed by atoms with E-state index in [0.717, 1.165) is 12.0 Å². The van der Waals surface area contributed by atoms with E-state index in [0.29, 0.717) is 17.2 Å². The van der Waals surface area contributed by atoms with Gasteiger partial charge < -0.3 is 5.32 Å². The second-order valence-electron chi connectivity index (χ2n) is 7.90. The molecule has 1 atom stereocenters. The summed E-state index contributed by atoms with van der Waals surface area (Å²) < 4.78 is 27.0. The standard InChI is InChI=1S/C25H28N2O3S/c1-19(2)17-24(20-11-6-4-7-12-20)26-25(28)21-13-10-14-22(18-21)27(3)31(29,30)23-15-8-5-9-16-23/h4-16,18-19,24H,17H2,1-3H3,(H,26,28). The molecule has 0 radical (unpaired) electrons. The second-order valence-corrected chi connectivity index (χ2v) is 9.87. The molecule has 1 unspecified atom stereocenters. The van der Waals surface area contributed by atoms with Gasteiger partial charge in [0.2, 0.25) is 0 Å². The van der Waals surface area contributed by atoms with Gasteiger partial charge in [-0.3, -0.25) is 9.10 Å². The molecule has 0 saturated carbocycles. The monoisotopic (exact) mass is 436 g/mol. The van der Waals surface area contributed by atoms with Gasteiger partial charge >= 0.3 is 0 Å². The first kappa shape index (κ1) is 22.6. The third-order valence-corrected chi connectivity index (χ3v) is 6.89. The Labute approximate surface area is 184 Å². The summed E-state index contributed by atoms with van der Waals surface area (Å²) in [5.41, 5.74) is 1.89. The zero-order chi connectivity index (χ0) is 22.4. The van der Waals surface area contributed by atoms with Gasteiger partial charge in [-0.1, -0.05) is 68.4 Å². The van der Waals surface area contributed by atoms with Gasteiger partial charge in [0.15, 0.2) is 0 Å². The van der Waals surface area contributed by atoms with Crippen LogP contribution >= 0.6 is 0 Å².